The molecule has 22 heteroatoms. The van der Waals surface area contributed by atoms with Gasteiger partial charge >= 0.3 is 29.8 Å². The Kier molecular flexibility index (Phi) is 22.5. The smallest absolute Gasteiger partial charge is 0.326 e. The van der Waals surface area contributed by atoms with E-state index in [4.69, 9.17) is 10.2 Å². The predicted octanol–water partition coefficient (Wildman–Crippen LogP) is -1.30. The van der Waals surface area contributed by atoms with Gasteiger partial charge in [0.1, 0.15) is 24.2 Å². The number of rotatable bonds is 28. The van der Waals surface area contributed by atoms with Crippen molar-refractivity contribution in [1.82, 2.24) is 31.9 Å². The van der Waals surface area contributed by atoms with Gasteiger partial charge in [0.2, 0.25) is 35.4 Å². The first-order valence-electron chi connectivity index (χ1n) is 18.7. The number of carboxylic acids is 5. The third kappa shape index (κ3) is 21.2. The van der Waals surface area contributed by atoms with Crippen LogP contribution in [0.1, 0.15) is 103 Å². The molecule has 0 aromatic heterocycles. The minimum Gasteiger partial charge on any atom is -0.481 e. The summed E-state index contributed by atoms with van der Waals surface area (Å²) < 4.78 is 0. The number of likely N-dealkylation sites (N-methyl/N-ethyl adjacent to an activating group) is 1. The van der Waals surface area contributed by atoms with Crippen molar-refractivity contribution in [2.24, 2.45) is 11.8 Å². The van der Waals surface area contributed by atoms with E-state index in [1.807, 2.05) is 0 Å². The molecular weight excluding hydrogens is 760 g/mol. The second-order valence-electron chi connectivity index (χ2n) is 13.6. The van der Waals surface area contributed by atoms with Crippen molar-refractivity contribution in [1.29, 1.82) is 0 Å². The van der Waals surface area contributed by atoms with Crippen LogP contribution in [0.3, 0.4) is 0 Å². The molecule has 0 saturated heterocycles. The zero-order valence-electron chi connectivity index (χ0n) is 31.7. The first-order valence-corrected chi connectivity index (χ1v) is 18.7. The lowest BCUT2D eigenvalue weighted by atomic mass is 9.81. The molecular formula is C35H54N6O16. The van der Waals surface area contributed by atoms with Gasteiger partial charge in [0.05, 0.1) is 0 Å². The third-order valence-electron chi connectivity index (χ3n) is 9.08. The number of hydrogen-bond donors (Lipinski definition) is 11. The van der Waals surface area contributed by atoms with E-state index in [0.717, 1.165) is 0 Å². The van der Waals surface area contributed by atoms with E-state index in [-0.39, 0.29) is 44.1 Å². The molecule has 1 fully saturated rings. The highest BCUT2D eigenvalue weighted by atomic mass is 16.4. The fraction of sp³-hybridized carbons (Fsp3) is 0.686. The normalized spacial score (nSPS) is 16.9. The lowest BCUT2D eigenvalue weighted by Gasteiger charge is -2.29. The van der Waals surface area contributed by atoms with Crippen molar-refractivity contribution in [2.45, 2.75) is 127 Å². The van der Waals surface area contributed by atoms with Crippen molar-refractivity contribution in [3.63, 3.8) is 0 Å². The highest BCUT2D eigenvalue weighted by molar-refractivity contribution is 5.95. The average molecular weight is 815 g/mol. The zero-order valence-corrected chi connectivity index (χ0v) is 31.7. The number of carbonyl (C=O) groups excluding carboxylic acids is 6. The Bertz CT molecular complexity index is 1460. The lowest BCUT2D eigenvalue weighted by molar-refractivity contribution is -0.143. The molecule has 4 atom stereocenters. The molecule has 1 rings (SSSR count). The van der Waals surface area contributed by atoms with Crippen molar-refractivity contribution in [2.75, 3.05) is 13.1 Å². The van der Waals surface area contributed by atoms with Gasteiger partial charge in [-0.05, 0) is 70.6 Å². The number of nitrogens with one attached hydrogen (secondary N) is 6. The Morgan fingerprint density at radius 2 is 0.947 bits per heavy atom. The van der Waals surface area contributed by atoms with E-state index >= 15 is 0 Å². The summed E-state index contributed by atoms with van der Waals surface area (Å²) in [5.74, 6) is -11.5. The number of amides is 6. The molecule has 22 nitrogen and oxygen atoms in total. The van der Waals surface area contributed by atoms with Crippen LogP contribution in [0.5, 0.6) is 0 Å². The van der Waals surface area contributed by atoms with Gasteiger partial charge in [-0.25, -0.2) is 4.79 Å². The summed E-state index contributed by atoms with van der Waals surface area (Å²) in [6.45, 7) is 2.06. The largest absolute Gasteiger partial charge is 0.481 e. The van der Waals surface area contributed by atoms with Crippen LogP contribution in [0.25, 0.3) is 0 Å². The topological polar surface area (TPSA) is 361 Å². The van der Waals surface area contributed by atoms with E-state index in [1.54, 1.807) is 6.92 Å². The van der Waals surface area contributed by atoms with Gasteiger partial charge in [-0.1, -0.05) is 0 Å². The SMILES string of the molecule is CCNC(=O)[C@H](CCC(=O)O)NC(=O)[C@H](CCC(=O)O)NC(=O)[C@H](CCC(=O)O)NC(=O)CC[C@H](NC(=O)[C@H]1CC[C@H](CNC(=O)CCCC(=O)O)CC1)C(=O)O. The molecule has 320 valence electrons. The van der Waals surface area contributed by atoms with Gasteiger partial charge in [-0.15, -0.1) is 0 Å². The van der Waals surface area contributed by atoms with Crippen molar-refractivity contribution in [3.8, 4) is 0 Å². The Balaban J connectivity index is 2.88. The Labute approximate surface area is 327 Å². The summed E-state index contributed by atoms with van der Waals surface area (Å²) >= 11 is 0. The molecule has 1 saturated carbocycles. The first-order chi connectivity index (χ1) is 26.8. The first kappa shape index (κ1) is 49.2. The maximum Gasteiger partial charge on any atom is 0.326 e. The lowest BCUT2D eigenvalue weighted by Crippen LogP contribution is -2.57. The quantitative estimate of drug-likeness (QED) is 0.0437. The minimum absolute atomic E-state index is 0.0672. The van der Waals surface area contributed by atoms with Crippen LogP contribution in [0.2, 0.25) is 0 Å². The van der Waals surface area contributed by atoms with Crippen molar-refractivity contribution in [3.05, 3.63) is 0 Å². The van der Waals surface area contributed by atoms with Crippen LogP contribution in [-0.4, -0.2) is 128 Å². The molecule has 0 unspecified atom stereocenters. The van der Waals surface area contributed by atoms with Crippen LogP contribution >= 0.6 is 0 Å². The van der Waals surface area contributed by atoms with E-state index < -0.39 is 134 Å². The van der Waals surface area contributed by atoms with E-state index in [0.29, 0.717) is 32.2 Å². The molecule has 0 bridgehead atoms. The van der Waals surface area contributed by atoms with Crippen LogP contribution in [-0.2, 0) is 52.7 Å². The van der Waals surface area contributed by atoms with Crippen LogP contribution in [0.4, 0.5) is 0 Å². The standard InChI is InChI=1S/C35H54N6O16/c1-2-36-32(53)21(11-15-28(46)47)39-34(55)23(13-17-30(50)51)40-33(54)22(12-16-29(48)49)38-26(43)14-10-24(35(56)57)41-31(52)20-8-6-19(7-9-20)18-37-25(42)4-3-5-27(44)45/h19-24H,2-18H2,1H3,(H,36,53)(H,37,42)(H,38,43)(H,39,55)(H,40,54)(H,41,52)(H,44,45)(H,46,47)(H,48,49)(H,50,51)(H,56,57)/t19-,20-,21-,22-,23-,24-/m0/s1. The average Bonchev–Trinajstić information content (AvgIpc) is 3.13. The second-order valence-corrected chi connectivity index (χ2v) is 13.6. The Hall–Kier alpha value is -5.83. The molecule has 1 aliphatic rings. The van der Waals surface area contributed by atoms with Gasteiger partial charge in [0.25, 0.3) is 0 Å². The summed E-state index contributed by atoms with van der Waals surface area (Å²) in [7, 11) is 0. The summed E-state index contributed by atoms with van der Waals surface area (Å²) in [5, 5.41) is 60.3. The molecule has 0 aromatic carbocycles. The molecule has 0 aromatic rings. The number of aliphatic carboxylic acids is 5. The fourth-order valence-electron chi connectivity index (χ4n) is 5.92. The second kappa shape index (κ2) is 26.1. The molecule has 0 spiro atoms. The molecule has 6 amide bonds. The Morgan fingerprint density at radius 3 is 1.40 bits per heavy atom. The van der Waals surface area contributed by atoms with Crippen LogP contribution < -0.4 is 31.9 Å². The highest BCUT2D eigenvalue weighted by Gasteiger charge is 2.32. The zero-order chi connectivity index (χ0) is 43.1. The molecule has 57 heavy (non-hydrogen) atoms. The summed E-state index contributed by atoms with van der Waals surface area (Å²) in [6.07, 6.45) is -2.06. The monoisotopic (exact) mass is 814 g/mol. The number of hydrogen-bond acceptors (Lipinski definition) is 11. The van der Waals surface area contributed by atoms with Gasteiger partial charge in [-0.2, -0.15) is 0 Å². The van der Waals surface area contributed by atoms with Gasteiger partial charge < -0.3 is 57.4 Å². The van der Waals surface area contributed by atoms with E-state index in [1.165, 1.54) is 0 Å². The number of carboxylic acid groups (broad SMARTS) is 5. The maximum atomic E-state index is 13.3. The van der Waals surface area contributed by atoms with E-state index in [9.17, 15) is 68.1 Å². The molecule has 1 aliphatic carbocycles. The van der Waals surface area contributed by atoms with Crippen molar-refractivity contribution >= 4 is 65.3 Å². The molecule has 11 N–H and O–H groups in total. The summed E-state index contributed by atoms with van der Waals surface area (Å²) in [5.41, 5.74) is 0. The molecule has 0 heterocycles. The Morgan fingerprint density at radius 1 is 0.491 bits per heavy atom. The third-order valence-corrected chi connectivity index (χ3v) is 9.08. The number of carbonyl (C=O) groups is 11. The fourth-order valence-corrected chi connectivity index (χ4v) is 5.92. The minimum atomic E-state index is -1.63. The van der Waals surface area contributed by atoms with E-state index in [2.05, 4.69) is 31.9 Å². The van der Waals surface area contributed by atoms with Gasteiger partial charge in [-0.3, -0.25) is 47.9 Å². The molecule has 0 aliphatic heterocycles. The van der Waals surface area contributed by atoms with Crippen LogP contribution in [0, 0.1) is 11.8 Å². The maximum absolute atomic E-state index is 13.3. The highest BCUT2D eigenvalue weighted by Crippen LogP contribution is 2.29. The van der Waals surface area contributed by atoms with Gasteiger partial charge in [0.15, 0.2) is 0 Å². The van der Waals surface area contributed by atoms with Crippen LogP contribution in [0.15, 0.2) is 0 Å². The predicted molar refractivity (Wildman–Crippen MR) is 194 cm³/mol. The van der Waals surface area contributed by atoms with Gasteiger partial charge in [0, 0.05) is 57.5 Å². The summed E-state index contributed by atoms with van der Waals surface area (Å²) in [6, 6.07) is -6.13. The summed E-state index contributed by atoms with van der Waals surface area (Å²) in [4.78, 5) is 133. The van der Waals surface area contributed by atoms with Crippen molar-refractivity contribution < 1.29 is 78.3 Å². The molecule has 0 radical (unpaired) electrons.